The van der Waals surface area contributed by atoms with Crippen LogP contribution in [-0.4, -0.2) is 11.4 Å². The van der Waals surface area contributed by atoms with Gasteiger partial charge in [0.2, 0.25) is 0 Å². The van der Waals surface area contributed by atoms with Crippen molar-refractivity contribution in [1.29, 1.82) is 0 Å². The van der Waals surface area contributed by atoms with Crippen LogP contribution >= 0.6 is 0 Å². The number of unbranched alkanes of at least 4 members (excludes halogenated alkanes) is 8. The molecule has 43 heavy (non-hydrogen) atoms. The largest absolute Gasteiger partial charge is 0.252 e. The average molecular weight is 632 g/mol. The summed E-state index contributed by atoms with van der Waals surface area (Å²) in [5.41, 5.74) is 10.7. The number of nitrogens with zero attached hydrogens (tertiary/aromatic N) is 2. The number of hydrogen-bond donors (Lipinski definition) is 0. The average Bonchev–Trinajstić information content (AvgIpc) is 3.01. The topological polar surface area (TPSA) is 24.7 Å². The van der Waals surface area contributed by atoms with E-state index in [2.05, 4.69) is 77.9 Å². The van der Waals surface area contributed by atoms with Crippen LogP contribution in [0.5, 0.6) is 0 Å². The summed E-state index contributed by atoms with van der Waals surface area (Å²) in [6, 6.07) is 14.1. The van der Waals surface area contributed by atoms with Gasteiger partial charge in [-0.3, -0.25) is 9.98 Å². The molecular weight excluding hydrogens is 567 g/mol. The molecule has 2 aromatic carbocycles. The fraction of sp³-hybridized carbons (Fsp3) is 0.650. The molecule has 0 bridgehead atoms. The number of rotatable bonds is 23. The van der Waals surface area contributed by atoms with E-state index < -0.39 is 0 Å². The molecule has 0 saturated carbocycles. The second kappa shape index (κ2) is 24.6. The zero-order valence-electron chi connectivity index (χ0n) is 28.8. The summed E-state index contributed by atoms with van der Waals surface area (Å²) in [5, 5.41) is 0. The first-order chi connectivity index (χ1) is 20.6. The first-order valence-corrected chi connectivity index (χ1v) is 18.0. The van der Waals surface area contributed by atoms with E-state index in [-0.39, 0.29) is 16.5 Å². The van der Waals surface area contributed by atoms with Crippen molar-refractivity contribution >= 4 is 22.8 Å². The van der Waals surface area contributed by atoms with Crippen LogP contribution in [0.2, 0.25) is 0 Å². The third-order valence-electron chi connectivity index (χ3n) is 8.47. The summed E-state index contributed by atoms with van der Waals surface area (Å²) in [7, 11) is 0. The molecule has 0 fully saturated rings. The summed E-state index contributed by atoms with van der Waals surface area (Å²) < 4.78 is 0. The Hall–Kier alpha value is -1.73. The number of benzene rings is 2. The minimum absolute atomic E-state index is 0. The summed E-state index contributed by atoms with van der Waals surface area (Å²) >= 11 is 0. The maximum Gasteiger partial charge on any atom is 0.0636 e. The number of aliphatic imine (C=N–C) groups is 2. The minimum atomic E-state index is 0. The molecule has 0 aromatic heterocycles. The van der Waals surface area contributed by atoms with E-state index in [0.29, 0.717) is 0 Å². The molecule has 0 aliphatic carbocycles. The molecule has 0 amide bonds. The van der Waals surface area contributed by atoms with Crippen LogP contribution in [0.4, 0.5) is 11.4 Å². The van der Waals surface area contributed by atoms with Crippen molar-refractivity contribution in [2.75, 3.05) is 0 Å². The van der Waals surface area contributed by atoms with Crippen LogP contribution in [-0.2, 0) is 42.2 Å². The molecule has 0 saturated heterocycles. The van der Waals surface area contributed by atoms with E-state index >= 15 is 0 Å². The van der Waals surface area contributed by atoms with E-state index in [0.717, 1.165) is 43.5 Å². The van der Waals surface area contributed by atoms with Crippen molar-refractivity contribution in [3.63, 3.8) is 0 Å². The van der Waals surface area contributed by atoms with Crippen molar-refractivity contribution in [2.45, 2.75) is 170 Å². The quantitative estimate of drug-likeness (QED) is 0.0662. The van der Waals surface area contributed by atoms with Crippen molar-refractivity contribution in [2.24, 2.45) is 9.98 Å². The van der Waals surface area contributed by atoms with Crippen LogP contribution in [0.25, 0.3) is 0 Å². The first-order valence-electron chi connectivity index (χ1n) is 18.0. The Bertz CT molecular complexity index is 1070. The fourth-order valence-corrected chi connectivity index (χ4v) is 5.69. The van der Waals surface area contributed by atoms with Crippen LogP contribution < -0.4 is 0 Å². The molecule has 0 spiro atoms. The molecule has 0 atom stereocenters. The summed E-state index contributed by atoms with van der Waals surface area (Å²) in [6.07, 6.45) is 24.0. The van der Waals surface area contributed by atoms with Crippen molar-refractivity contribution in [3.05, 3.63) is 58.7 Å². The van der Waals surface area contributed by atoms with Gasteiger partial charge in [0.05, 0.1) is 22.8 Å². The monoisotopic (exact) mass is 630 g/mol. The summed E-state index contributed by atoms with van der Waals surface area (Å²) in [5.74, 6) is 0. The Morgan fingerprint density at radius 3 is 1.19 bits per heavy atom. The molecule has 0 aliphatic heterocycles. The molecule has 0 unspecified atom stereocenters. The van der Waals surface area contributed by atoms with Gasteiger partial charge in [0.15, 0.2) is 0 Å². The van der Waals surface area contributed by atoms with Gasteiger partial charge >= 0.3 is 0 Å². The molecule has 2 aromatic rings. The molecule has 0 N–H and O–H groups in total. The Balaban J connectivity index is 0.00000924. The van der Waals surface area contributed by atoms with Gasteiger partial charge in [-0.05, 0) is 124 Å². The predicted molar refractivity (Wildman–Crippen MR) is 190 cm³/mol. The molecule has 3 heteroatoms. The number of aryl methyl sites for hydroxylation is 4. The number of hydrogen-bond acceptors (Lipinski definition) is 2. The maximum absolute atomic E-state index is 5.41. The van der Waals surface area contributed by atoms with E-state index in [9.17, 15) is 0 Å². The third-order valence-corrected chi connectivity index (χ3v) is 8.47. The second-order valence-electron chi connectivity index (χ2n) is 12.4. The summed E-state index contributed by atoms with van der Waals surface area (Å²) in [4.78, 5) is 10.8. The van der Waals surface area contributed by atoms with Crippen LogP contribution in [0.1, 0.15) is 167 Å². The van der Waals surface area contributed by atoms with Crippen molar-refractivity contribution in [1.82, 2.24) is 0 Å². The zero-order chi connectivity index (χ0) is 30.4. The summed E-state index contributed by atoms with van der Waals surface area (Å²) in [6.45, 7) is 13.7. The maximum atomic E-state index is 5.41. The molecular formula is C40H64N2Ni. The van der Waals surface area contributed by atoms with Crippen LogP contribution in [0.3, 0.4) is 0 Å². The van der Waals surface area contributed by atoms with Gasteiger partial charge in [0.25, 0.3) is 0 Å². The molecule has 2 nitrogen and oxygen atoms in total. The van der Waals surface area contributed by atoms with Gasteiger partial charge in [-0.15, -0.1) is 0 Å². The Morgan fingerprint density at radius 2 is 0.791 bits per heavy atom. The van der Waals surface area contributed by atoms with E-state index in [4.69, 9.17) is 9.98 Å². The molecule has 0 heterocycles. The van der Waals surface area contributed by atoms with Crippen LogP contribution in [0.15, 0.2) is 46.4 Å². The molecule has 0 aliphatic rings. The van der Waals surface area contributed by atoms with Gasteiger partial charge in [-0.2, -0.15) is 0 Å². The van der Waals surface area contributed by atoms with Gasteiger partial charge in [0.1, 0.15) is 0 Å². The van der Waals surface area contributed by atoms with E-state index in [1.807, 2.05) is 0 Å². The van der Waals surface area contributed by atoms with E-state index in [1.54, 1.807) is 0 Å². The van der Waals surface area contributed by atoms with Gasteiger partial charge in [-0.1, -0.05) is 105 Å². The van der Waals surface area contributed by atoms with Gasteiger partial charge in [-0.25, -0.2) is 0 Å². The van der Waals surface area contributed by atoms with Crippen molar-refractivity contribution < 1.29 is 16.5 Å². The Kier molecular flexibility index (Phi) is 22.5. The van der Waals surface area contributed by atoms with Gasteiger partial charge < -0.3 is 0 Å². The molecule has 244 valence electrons. The smallest absolute Gasteiger partial charge is 0.0636 e. The fourth-order valence-electron chi connectivity index (χ4n) is 5.69. The third kappa shape index (κ3) is 15.2. The minimum Gasteiger partial charge on any atom is -0.252 e. The SMILES string of the molecule is CCCCCCC(=Nc1ccc(CCCC)c(CCCC)c1)C(CCCC)=Nc1ccc(CCCC)c(CCCC)c1.[Ni]. The zero-order valence-corrected chi connectivity index (χ0v) is 29.8. The van der Waals surface area contributed by atoms with Crippen molar-refractivity contribution in [3.8, 4) is 0 Å². The Morgan fingerprint density at radius 1 is 0.419 bits per heavy atom. The second-order valence-corrected chi connectivity index (χ2v) is 12.4. The van der Waals surface area contributed by atoms with E-state index in [1.165, 1.54) is 130 Å². The Labute approximate surface area is 277 Å². The first kappa shape index (κ1) is 39.3. The van der Waals surface area contributed by atoms with Crippen LogP contribution in [0, 0.1) is 0 Å². The predicted octanol–water partition coefficient (Wildman–Crippen LogP) is 13.1. The molecule has 0 radical (unpaired) electrons. The van der Waals surface area contributed by atoms with Gasteiger partial charge in [0, 0.05) is 16.5 Å². The molecule has 2 rings (SSSR count). The normalized spacial score (nSPS) is 12.0. The standard InChI is InChI=1S/C40H64N2.Ni/c1-7-13-19-20-26-40(42-38-30-28-34(22-15-9-3)36(32-38)24-17-11-5)39(25-18-12-6)41-37-29-27-33(21-14-8-2)35(31-37)23-16-10-4;/h27-32H,7-26H2,1-6H3;.